The molecule has 0 heterocycles. The fourth-order valence-electron chi connectivity index (χ4n) is 2.56. The van der Waals surface area contributed by atoms with E-state index in [0.29, 0.717) is 5.75 Å². The molecule has 20 heavy (non-hydrogen) atoms. The van der Waals surface area contributed by atoms with Gasteiger partial charge in [0.15, 0.2) is 11.5 Å². The second-order valence-electron chi connectivity index (χ2n) is 4.83. The summed E-state index contributed by atoms with van der Waals surface area (Å²) < 4.78 is 5.73. The number of para-hydroxylation sites is 2. The molecule has 0 spiro atoms. The van der Waals surface area contributed by atoms with Crippen LogP contribution in [0.4, 0.5) is 0 Å². The zero-order valence-corrected chi connectivity index (χ0v) is 13.6. The lowest BCUT2D eigenvalue weighted by molar-refractivity contribution is 0.353. The van der Waals surface area contributed by atoms with Gasteiger partial charge in [-0.1, -0.05) is 49.4 Å². The van der Waals surface area contributed by atoms with E-state index in [1.807, 2.05) is 12.1 Å². The highest BCUT2D eigenvalue weighted by atomic mass is 28.2. The Bertz CT molecular complexity index is 567. The first-order valence-corrected chi connectivity index (χ1v) is 8.97. The molecule has 0 amide bonds. The molecule has 3 heteroatoms. The molecule has 2 aromatic rings. The fraction of sp³-hybridized carbons (Fsp3) is 0.294. The minimum atomic E-state index is -0.475. The standard InChI is InChI=1S/C17H22O2Si/c1-3-13-8-7-11-17(14(13)4-2)20-12-19-16-10-6-5-9-15(16)18/h5-11,18H,3-4,12,20H2,1-2H3. The molecule has 0 atom stereocenters. The average molecular weight is 286 g/mol. The van der Waals surface area contributed by atoms with Gasteiger partial charge in [-0.2, -0.15) is 0 Å². The molecule has 2 rings (SSSR count). The van der Waals surface area contributed by atoms with E-state index in [2.05, 4.69) is 32.0 Å². The van der Waals surface area contributed by atoms with Gasteiger partial charge in [-0.3, -0.25) is 0 Å². The van der Waals surface area contributed by atoms with Gasteiger partial charge in [0, 0.05) is 0 Å². The summed E-state index contributed by atoms with van der Waals surface area (Å²) in [5.74, 6) is 0.809. The molecule has 0 saturated heterocycles. The molecule has 0 aliphatic rings. The molecular formula is C17H22O2Si. The van der Waals surface area contributed by atoms with Crippen molar-refractivity contribution in [3.05, 3.63) is 53.6 Å². The first kappa shape index (κ1) is 14.7. The molecule has 2 aromatic carbocycles. The van der Waals surface area contributed by atoms with Crippen molar-refractivity contribution in [2.45, 2.75) is 26.7 Å². The van der Waals surface area contributed by atoms with E-state index in [-0.39, 0.29) is 5.75 Å². The summed E-state index contributed by atoms with van der Waals surface area (Å²) in [5, 5.41) is 11.2. The van der Waals surface area contributed by atoms with Crippen molar-refractivity contribution in [2.24, 2.45) is 0 Å². The molecule has 0 radical (unpaired) electrons. The van der Waals surface area contributed by atoms with Crippen LogP contribution in [0.25, 0.3) is 0 Å². The molecule has 0 aliphatic heterocycles. The monoisotopic (exact) mass is 286 g/mol. The SMILES string of the molecule is CCc1cccc([SiH2]COc2ccccc2O)c1CC. The second-order valence-corrected chi connectivity index (χ2v) is 6.50. The number of phenols is 1. The number of benzene rings is 2. The number of ether oxygens (including phenoxy) is 1. The van der Waals surface area contributed by atoms with Gasteiger partial charge < -0.3 is 9.84 Å². The van der Waals surface area contributed by atoms with Crippen molar-refractivity contribution >= 4 is 14.7 Å². The van der Waals surface area contributed by atoms with Gasteiger partial charge in [0.25, 0.3) is 0 Å². The lowest BCUT2D eigenvalue weighted by atomic mass is 10.0. The van der Waals surface area contributed by atoms with E-state index >= 15 is 0 Å². The molecule has 0 bridgehead atoms. The topological polar surface area (TPSA) is 29.5 Å². The Hall–Kier alpha value is -1.74. The highest BCUT2D eigenvalue weighted by molar-refractivity contribution is 6.54. The number of aromatic hydroxyl groups is 1. The van der Waals surface area contributed by atoms with Crippen LogP contribution < -0.4 is 9.92 Å². The van der Waals surface area contributed by atoms with Crippen LogP contribution in [0.5, 0.6) is 11.5 Å². The third-order valence-electron chi connectivity index (χ3n) is 3.60. The third kappa shape index (κ3) is 3.42. The van der Waals surface area contributed by atoms with Crippen LogP contribution in [-0.2, 0) is 12.8 Å². The minimum absolute atomic E-state index is 0.222. The van der Waals surface area contributed by atoms with E-state index in [9.17, 15) is 5.11 Å². The Morgan fingerprint density at radius 2 is 1.80 bits per heavy atom. The van der Waals surface area contributed by atoms with Crippen molar-refractivity contribution in [3.8, 4) is 11.5 Å². The van der Waals surface area contributed by atoms with Crippen molar-refractivity contribution in [3.63, 3.8) is 0 Å². The number of phenolic OH excluding ortho intramolecular Hbond substituents is 1. The minimum Gasteiger partial charge on any atom is -0.504 e. The third-order valence-corrected chi connectivity index (χ3v) is 5.21. The second kappa shape index (κ2) is 7.15. The average Bonchev–Trinajstić information content (AvgIpc) is 2.48. The van der Waals surface area contributed by atoms with E-state index in [1.165, 1.54) is 16.3 Å². The number of aryl methyl sites for hydroxylation is 1. The first-order valence-electron chi connectivity index (χ1n) is 7.26. The lowest BCUT2D eigenvalue weighted by Crippen LogP contribution is -2.26. The van der Waals surface area contributed by atoms with Crippen molar-refractivity contribution in [2.75, 3.05) is 6.23 Å². The predicted molar refractivity (Wildman–Crippen MR) is 87.0 cm³/mol. The highest BCUT2D eigenvalue weighted by Gasteiger charge is 2.07. The normalized spacial score (nSPS) is 11.1. The van der Waals surface area contributed by atoms with Gasteiger partial charge in [-0.15, -0.1) is 0 Å². The summed E-state index contributed by atoms with van der Waals surface area (Å²) in [6.07, 6.45) is 2.90. The van der Waals surface area contributed by atoms with Crippen LogP contribution in [0.2, 0.25) is 0 Å². The Balaban J connectivity index is 2.03. The highest BCUT2D eigenvalue weighted by Crippen LogP contribution is 2.23. The first-order chi connectivity index (χ1) is 9.76. The van der Waals surface area contributed by atoms with Gasteiger partial charge >= 0.3 is 0 Å². The van der Waals surface area contributed by atoms with Crippen LogP contribution in [0.15, 0.2) is 42.5 Å². The molecule has 1 N–H and O–H groups in total. The summed E-state index contributed by atoms with van der Waals surface area (Å²) in [4.78, 5) is 0. The fourth-order valence-corrected chi connectivity index (χ4v) is 4.18. The maximum Gasteiger partial charge on any atom is 0.160 e. The molecule has 0 aliphatic carbocycles. The number of rotatable bonds is 6. The summed E-state index contributed by atoms with van der Waals surface area (Å²) in [6, 6.07) is 13.8. The molecule has 0 unspecified atom stereocenters. The van der Waals surface area contributed by atoms with Crippen molar-refractivity contribution < 1.29 is 9.84 Å². The molecule has 0 fully saturated rings. The van der Waals surface area contributed by atoms with Crippen molar-refractivity contribution in [1.82, 2.24) is 0 Å². The number of hydrogen-bond acceptors (Lipinski definition) is 2. The van der Waals surface area contributed by atoms with Crippen LogP contribution >= 0.6 is 0 Å². The summed E-state index contributed by atoms with van der Waals surface area (Å²) in [7, 11) is -0.475. The summed E-state index contributed by atoms with van der Waals surface area (Å²) in [6.45, 7) is 4.43. The quantitative estimate of drug-likeness (QED) is 0.826. The van der Waals surface area contributed by atoms with E-state index in [4.69, 9.17) is 4.74 Å². The van der Waals surface area contributed by atoms with Gasteiger partial charge in [-0.25, -0.2) is 0 Å². The Labute approximate surface area is 123 Å². The van der Waals surface area contributed by atoms with Crippen LogP contribution in [-0.4, -0.2) is 20.9 Å². The molecule has 0 saturated carbocycles. The Morgan fingerprint density at radius 1 is 1.00 bits per heavy atom. The predicted octanol–water partition coefficient (Wildman–Crippen LogP) is 2.35. The van der Waals surface area contributed by atoms with Gasteiger partial charge in [0.05, 0.1) is 15.7 Å². The van der Waals surface area contributed by atoms with E-state index < -0.39 is 9.52 Å². The Morgan fingerprint density at radius 3 is 2.50 bits per heavy atom. The van der Waals surface area contributed by atoms with Gasteiger partial charge in [0.1, 0.15) is 0 Å². The van der Waals surface area contributed by atoms with E-state index in [0.717, 1.165) is 19.1 Å². The summed E-state index contributed by atoms with van der Waals surface area (Å²) >= 11 is 0. The van der Waals surface area contributed by atoms with Gasteiger partial charge in [0.2, 0.25) is 0 Å². The summed E-state index contributed by atoms with van der Waals surface area (Å²) in [5.41, 5.74) is 2.96. The molecular weight excluding hydrogens is 264 g/mol. The molecule has 0 aromatic heterocycles. The largest absolute Gasteiger partial charge is 0.504 e. The maximum absolute atomic E-state index is 9.68. The van der Waals surface area contributed by atoms with Crippen LogP contribution in [0, 0.1) is 0 Å². The maximum atomic E-state index is 9.68. The zero-order chi connectivity index (χ0) is 14.4. The Kier molecular flexibility index (Phi) is 5.24. The van der Waals surface area contributed by atoms with Crippen LogP contribution in [0.1, 0.15) is 25.0 Å². The molecule has 106 valence electrons. The molecule has 2 nitrogen and oxygen atoms in total. The number of hydrogen-bond donors (Lipinski definition) is 1. The smallest absolute Gasteiger partial charge is 0.160 e. The lowest BCUT2D eigenvalue weighted by Gasteiger charge is -2.13. The van der Waals surface area contributed by atoms with Crippen molar-refractivity contribution in [1.29, 1.82) is 0 Å². The van der Waals surface area contributed by atoms with E-state index in [1.54, 1.807) is 12.1 Å². The zero-order valence-electron chi connectivity index (χ0n) is 12.2. The van der Waals surface area contributed by atoms with Crippen LogP contribution in [0.3, 0.4) is 0 Å². The van der Waals surface area contributed by atoms with Gasteiger partial charge in [-0.05, 0) is 36.1 Å².